The predicted octanol–water partition coefficient (Wildman–Crippen LogP) is 1.24. The first-order valence-electron chi connectivity index (χ1n) is 7.30. The quantitative estimate of drug-likeness (QED) is 0.858. The van der Waals surface area contributed by atoms with E-state index in [1.54, 1.807) is 24.5 Å². The molecule has 0 radical (unpaired) electrons. The number of nitrogens with zero attached hydrogens (tertiary/aromatic N) is 4. The second-order valence-corrected chi connectivity index (χ2v) is 5.63. The first kappa shape index (κ1) is 15.5. The molecular formula is C16H16ClN5O. The minimum absolute atomic E-state index is 0.119. The summed E-state index contributed by atoms with van der Waals surface area (Å²) < 4.78 is 0. The summed E-state index contributed by atoms with van der Waals surface area (Å²) in [6.45, 7) is 3.73. The lowest BCUT2D eigenvalue weighted by atomic mass is 10.2. The molecule has 1 N–H and O–H groups in total. The van der Waals surface area contributed by atoms with Crippen molar-refractivity contribution in [1.82, 2.24) is 19.9 Å². The summed E-state index contributed by atoms with van der Waals surface area (Å²) in [5.41, 5.74) is 0.454. The summed E-state index contributed by atoms with van der Waals surface area (Å²) in [4.78, 5) is 27.6. The van der Waals surface area contributed by atoms with Crippen molar-refractivity contribution in [2.75, 3.05) is 37.6 Å². The lowest BCUT2D eigenvalue weighted by Gasteiger charge is -2.34. The van der Waals surface area contributed by atoms with Gasteiger partial charge in [-0.1, -0.05) is 17.5 Å². The van der Waals surface area contributed by atoms with E-state index >= 15 is 0 Å². The lowest BCUT2D eigenvalue weighted by Crippen LogP contribution is -2.47. The third-order valence-electron chi connectivity index (χ3n) is 3.79. The summed E-state index contributed by atoms with van der Waals surface area (Å²) in [5, 5.41) is 0.119. The smallest absolute Gasteiger partial charge is 0.272 e. The van der Waals surface area contributed by atoms with Crippen LogP contribution in [0.3, 0.4) is 0 Å². The third-order valence-corrected chi connectivity index (χ3v) is 4.13. The monoisotopic (exact) mass is 329 g/mol. The highest BCUT2D eigenvalue weighted by atomic mass is 35.5. The first-order valence-corrected chi connectivity index (χ1v) is 7.68. The summed E-state index contributed by atoms with van der Waals surface area (Å²) in [7, 11) is 0. The number of aromatic nitrogens is 3. The van der Waals surface area contributed by atoms with Crippen molar-refractivity contribution < 1.29 is 0 Å². The number of rotatable bonds is 3. The van der Waals surface area contributed by atoms with Gasteiger partial charge in [0, 0.05) is 44.1 Å². The van der Waals surface area contributed by atoms with Gasteiger partial charge in [0.05, 0.1) is 6.54 Å². The standard InChI is InChI=1S/C16H16ClN5O/c1-2-7-21-8-10-22(11-9-21)15-13(17)16(23)20-14(19-15)12-3-5-18-6-4-12/h1,3-6H,7-11H2,(H,19,20,23). The highest BCUT2D eigenvalue weighted by Crippen LogP contribution is 2.23. The van der Waals surface area contributed by atoms with Gasteiger partial charge in [-0.2, -0.15) is 0 Å². The zero-order chi connectivity index (χ0) is 16.2. The van der Waals surface area contributed by atoms with E-state index in [1.807, 2.05) is 4.90 Å². The number of aromatic amines is 1. The van der Waals surface area contributed by atoms with Gasteiger partial charge in [-0.15, -0.1) is 6.42 Å². The van der Waals surface area contributed by atoms with Crippen molar-refractivity contribution in [3.05, 3.63) is 39.9 Å². The minimum Gasteiger partial charge on any atom is -0.353 e. The number of H-pyrrole nitrogens is 1. The number of hydrogen-bond acceptors (Lipinski definition) is 5. The average Bonchev–Trinajstić information content (AvgIpc) is 2.59. The number of pyridine rings is 1. The summed E-state index contributed by atoms with van der Waals surface area (Å²) in [6.07, 6.45) is 8.65. The molecule has 0 aromatic carbocycles. The van der Waals surface area contributed by atoms with Gasteiger partial charge in [-0.3, -0.25) is 14.7 Å². The Morgan fingerprint density at radius 3 is 2.61 bits per heavy atom. The van der Waals surface area contributed by atoms with Crippen molar-refractivity contribution in [2.45, 2.75) is 0 Å². The Labute approximate surface area is 139 Å². The van der Waals surface area contributed by atoms with Crippen LogP contribution in [0.1, 0.15) is 0 Å². The molecule has 0 saturated carbocycles. The maximum absolute atomic E-state index is 12.1. The molecule has 1 aliphatic heterocycles. The highest BCUT2D eigenvalue weighted by molar-refractivity contribution is 6.32. The van der Waals surface area contributed by atoms with Crippen LogP contribution in [0.5, 0.6) is 0 Å². The average molecular weight is 330 g/mol. The third kappa shape index (κ3) is 3.36. The minimum atomic E-state index is -0.338. The van der Waals surface area contributed by atoms with E-state index in [9.17, 15) is 4.79 Å². The summed E-state index contributed by atoms with van der Waals surface area (Å²) in [6, 6.07) is 3.58. The Kier molecular flexibility index (Phi) is 4.60. The molecule has 0 atom stereocenters. The fourth-order valence-corrected chi connectivity index (χ4v) is 2.76. The molecule has 2 aromatic rings. The largest absolute Gasteiger partial charge is 0.353 e. The zero-order valence-corrected chi connectivity index (χ0v) is 13.3. The van der Waals surface area contributed by atoms with Crippen LogP contribution >= 0.6 is 11.6 Å². The topological polar surface area (TPSA) is 65.1 Å². The summed E-state index contributed by atoms with van der Waals surface area (Å²) >= 11 is 6.18. The van der Waals surface area contributed by atoms with Crippen molar-refractivity contribution in [1.29, 1.82) is 0 Å². The molecule has 1 saturated heterocycles. The number of piperazine rings is 1. The van der Waals surface area contributed by atoms with Crippen LogP contribution in [0.25, 0.3) is 11.4 Å². The van der Waals surface area contributed by atoms with E-state index < -0.39 is 0 Å². The molecule has 0 amide bonds. The molecule has 7 heteroatoms. The second-order valence-electron chi connectivity index (χ2n) is 5.26. The molecule has 0 aliphatic carbocycles. The number of halogens is 1. The molecule has 1 fully saturated rings. The van der Waals surface area contributed by atoms with Crippen LogP contribution < -0.4 is 10.5 Å². The number of hydrogen-bond donors (Lipinski definition) is 1. The van der Waals surface area contributed by atoms with Crippen molar-refractivity contribution in [2.24, 2.45) is 0 Å². The Morgan fingerprint density at radius 2 is 1.96 bits per heavy atom. The van der Waals surface area contributed by atoms with Crippen LogP contribution in [0, 0.1) is 12.3 Å². The van der Waals surface area contributed by atoms with Crippen LogP contribution in [-0.2, 0) is 0 Å². The fourth-order valence-electron chi connectivity index (χ4n) is 2.55. The van der Waals surface area contributed by atoms with Gasteiger partial charge in [-0.05, 0) is 12.1 Å². The molecule has 3 heterocycles. The van der Waals surface area contributed by atoms with Gasteiger partial charge < -0.3 is 9.88 Å². The molecule has 0 unspecified atom stereocenters. The van der Waals surface area contributed by atoms with Gasteiger partial charge in [0.25, 0.3) is 5.56 Å². The Morgan fingerprint density at radius 1 is 1.26 bits per heavy atom. The molecule has 2 aromatic heterocycles. The van der Waals surface area contributed by atoms with Crippen LogP contribution in [-0.4, -0.2) is 52.6 Å². The van der Waals surface area contributed by atoms with Crippen LogP contribution in [0.2, 0.25) is 5.02 Å². The Hall–Kier alpha value is -2.36. The molecule has 3 rings (SSSR count). The predicted molar refractivity (Wildman–Crippen MR) is 90.6 cm³/mol. The van der Waals surface area contributed by atoms with Gasteiger partial charge >= 0.3 is 0 Å². The van der Waals surface area contributed by atoms with Gasteiger partial charge in [0.15, 0.2) is 5.82 Å². The lowest BCUT2D eigenvalue weighted by molar-refractivity contribution is 0.287. The van der Waals surface area contributed by atoms with Crippen LogP contribution in [0.4, 0.5) is 5.82 Å². The Balaban J connectivity index is 1.90. The molecule has 0 spiro atoms. The van der Waals surface area contributed by atoms with Gasteiger partial charge in [-0.25, -0.2) is 4.98 Å². The zero-order valence-electron chi connectivity index (χ0n) is 12.5. The number of anilines is 1. The maximum Gasteiger partial charge on any atom is 0.272 e. The summed E-state index contributed by atoms with van der Waals surface area (Å²) in [5.74, 6) is 3.65. The van der Waals surface area contributed by atoms with Gasteiger partial charge in [0.1, 0.15) is 10.8 Å². The van der Waals surface area contributed by atoms with E-state index in [-0.39, 0.29) is 10.6 Å². The van der Waals surface area contributed by atoms with E-state index in [1.165, 1.54) is 0 Å². The van der Waals surface area contributed by atoms with E-state index in [0.29, 0.717) is 18.2 Å². The normalized spacial score (nSPS) is 15.4. The molecule has 23 heavy (non-hydrogen) atoms. The molecular weight excluding hydrogens is 314 g/mol. The van der Waals surface area contributed by atoms with Crippen LogP contribution in [0.15, 0.2) is 29.3 Å². The van der Waals surface area contributed by atoms with Crippen molar-refractivity contribution in [3.8, 4) is 23.7 Å². The number of terminal acetylenes is 1. The van der Waals surface area contributed by atoms with Crippen molar-refractivity contribution in [3.63, 3.8) is 0 Å². The Bertz CT molecular complexity index is 775. The molecule has 6 nitrogen and oxygen atoms in total. The molecule has 0 bridgehead atoms. The SMILES string of the molecule is C#CCN1CCN(c2nc(-c3ccncc3)[nH]c(=O)c2Cl)CC1. The first-order chi connectivity index (χ1) is 11.2. The van der Waals surface area contributed by atoms with E-state index in [2.05, 4.69) is 25.8 Å². The van der Waals surface area contributed by atoms with E-state index in [0.717, 1.165) is 31.7 Å². The van der Waals surface area contributed by atoms with Crippen molar-refractivity contribution >= 4 is 17.4 Å². The second kappa shape index (κ2) is 6.82. The highest BCUT2D eigenvalue weighted by Gasteiger charge is 2.21. The van der Waals surface area contributed by atoms with E-state index in [4.69, 9.17) is 18.0 Å². The molecule has 1 aliphatic rings. The fraction of sp³-hybridized carbons (Fsp3) is 0.312. The number of nitrogens with one attached hydrogen (secondary N) is 1. The van der Waals surface area contributed by atoms with Gasteiger partial charge in [0.2, 0.25) is 0 Å². The molecule has 118 valence electrons. The maximum atomic E-state index is 12.1.